The minimum atomic E-state index is -0.276. The van der Waals surface area contributed by atoms with Gasteiger partial charge in [-0.3, -0.25) is 19.3 Å². The summed E-state index contributed by atoms with van der Waals surface area (Å²) in [5.74, 6) is -0.367. The van der Waals surface area contributed by atoms with Crippen LogP contribution in [0, 0.1) is 0 Å². The van der Waals surface area contributed by atoms with Gasteiger partial charge in [-0.05, 0) is 41.8 Å². The van der Waals surface area contributed by atoms with E-state index in [1.54, 1.807) is 24.3 Å². The first-order chi connectivity index (χ1) is 12.0. The predicted molar refractivity (Wildman–Crippen MR) is 96.7 cm³/mol. The van der Waals surface area contributed by atoms with Crippen LogP contribution >= 0.6 is 0 Å². The van der Waals surface area contributed by atoms with Crippen LogP contribution in [-0.2, 0) is 9.59 Å². The van der Waals surface area contributed by atoms with Gasteiger partial charge in [0.05, 0.1) is 5.69 Å². The van der Waals surface area contributed by atoms with E-state index in [2.05, 4.69) is 19.2 Å². The van der Waals surface area contributed by atoms with Gasteiger partial charge < -0.3 is 5.32 Å². The fourth-order valence-corrected chi connectivity index (χ4v) is 2.83. The molecule has 1 aliphatic heterocycles. The highest BCUT2D eigenvalue weighted by molar-refractivity contribution is 6.20. The number of carbonyl (C=O) groups excluding carboxylic acids is 3. The van der Waals surface area contributed by atoms with Crippen LogP contribution in [0.4, 0.5) is 11.4 Å². The lowest BCUT2D eigenvalue weighted by Crippen LogP contribution is -2.28. The fraction of sp³-hybridized carbons (Fsp3) is 0.250. The lowest BCUT2D eigenvalue weighted by atomic mass is 10.0. The second kappa shape index (κ2) is 6.89. The Kier molecular flexibility index (Phi) is 4.65. The molecule has 1 N–H and O–H groups in total. The van der Waals surface area contributed by atoms with E-state index in [1.165, 1.54) is 0 Å². The quantitative estimate of drug-likeness (QED) is 0.866. The molecule has 1 saturated heterocycles. The van der Waals surface area contributed by atoms with E-state index in [9.17, 15) is 14.4 Å². The predicted octanol–water partition coefficient (Wildman–Crippen LogP) is 3.72. The zero-order valence-corrected chi connectivity index (χ0v) is 14.3. The zero-order chi connectivity index (χ0) is 18.0. The van der Waals surface area contributed by atoms with Crippen molar-refractivity contribution >= 4 is 29.1 Å². The van der Waals surface area contributed by atoms with Crippen LogP contribution in [-0.4, -0.2) is 17.7 Å². The highest BCUT2D eigenvalue weighted by Gasteiger charge is 2.30. The van der Waals surface area contributed by atoms with Crippen LogP contribution in [0.15, 0.2) is 48.5 Å². The third-order valence-corrected chi connectivity index (χ3v) is 4.23. The van der Waals surface area contributed by atoms with Crippen molar-refractivity contribution < 1.29 is 14.4 Å². The summed E-state index contributed by atoms with van der Waals surface area (Å²) in [6.07, 6.45) is 0.439. The molecule has 0 bridgehead atoms. The average molecular weight is 336 g/mol. The average Bonchev–Trinajstić information content (AvgIpc) is 2.94. The van der Waals surface area contributed by atoms with E-state index >= 15 is 0 Å². The number of nitrogens with zero attached hydrogens (tertiary/aromatic N) is 1. The van der Waals surface area contributed by atoms with Gasteiger partial charge >= 0.3 is 0 Å². The summed E-state index contributed by atoms with van der Waals surface area (Å²) in [6.45, 7) is 4.18. The van der Waals surface area contributed by atoms with Crippen molar-refractivity contribution in [3.63, 3.8) is 0 Å². The van der Waals surface area contributed by atoms with Crippen molar-refractivity contribution in [3.8, 4) is 0 Å². The fourth-order valence-electron chi connectivity index (χ4n) is 2.83. The first kappa shape index (κ1) is 16.9. The van der Waals surface area contributed by atoms with E-state index in [4.69, 9.17) is 0 Å². The summed E-state index contributed by atoms with van der Waals surface area (Å²) in [7, 11) is 0. The molecule has 0 aromatic heterocycles. The van der Waals surface area contributed by atoms with Gasteiger partial charge in [0.1, 0.15) is 0 Å². The molecule has 5 nitrogen and oxygen atoms in total. The maximum Gasteiger partial charge on any atom is 0.255 e. The van der Waals surface area contributed by atoms with Crippen LogP contribution < -0.4 is 10.2 Å². The molecule has 2 aromatic rings. The molecule has 1 fully saturated rings. The second-order valence-electron chi connectivity index (χ2n) is 6.41. The van der Waals surface area contributed by atoms with E-state index in [-0.39, 0.29) is 30.6 Å². The van der Waals surface area contributed by atoms with Gasteiger partial charge in [0.15, 0.2) is 0 Å². The van der Waals surface area contributed by atoms with Crippen molar-refractivity contribution in [2.45, 2.75) is 32.6 Å². The molecule has 0 radical (unpaired) electrons. The molecule has 2 aromatic carbocycles. The Hall–Kier alpha value is -2.95. The van der Waals surface area contributed by atoms with Gasteiger partial charge in [0, 0.05) is 24.1 Å². The van der Waals surface area contributed by atoms with Crippen molar-refractivity contribution in [2.75, 3.05) is 10.2 Å². The highest BCUT2D eigenvalue weighted by atomic mass is 16.2. The van der Waals surface area contributed by atoms with E-state index < -0.39 is 0 Å². The maximum absolute atomic E-state index is 12.5. The summed E-state index contributed by atoms with van der Waals surface area (Å²) in [5.41, 5.74) is 2.70. The first-order valence-corrected chi connectivity index (χ1v) is 8.33. The molecule has 3 rings (SSSR count). The topological polar surface area (TPSA) is 66.5 Å². The third kappa shape index (κ3) is 3.60. The number of imide groups is 1. The maximum atomic E-state index is 12.5. The number of hydrogen-bond acceptors (Lipinski definition) is 3. The van der Waals surface area contributed by atoms with Crippen molar-refractivity contribution in [1.29, 1.82) is 0 Å². The molecule has 5 heteroatoms. The SMILES string of the molecule is CC(C)c1cccc(NC(=O)c2cccc(N3C(=O)CCC3=O)c2)c1. The number of amides is 3. The lowest BCUT2D eigenvalue weighted by molar-refractivity contribution is -0.121. The number of benzene rings is 2. The molecule has 1 aliphatic rings. The Balaban J connectivity index is 1.81. The Morgan fingerprint density at radius 2 is 1.68 bits per heavy atom. The van der Waals surface area contributed by atoms with Crippen LogP contribution in [0.3, 0.4) is 0 Å². The number of nitrogens with one attached hydrogen (secondary N) is 1. The molecule has 0 saturated carbocycles. The van der Waals surface area contributed by atoms with Gasteiger partial charge in [-0.1, -0.05) is 32.0 Å². The monoisotopic (exact) mass is 336 g/mol. The molecule has 0 spiro atoms. The Morgan fingerprint density at radius 3 is 2.36 bits per heavy atom. The molecule has 25 heavy (non-hydrogen) atoms. The molecule has 0 aliphatic carbocycles. The lowest BCUT2D eigenvalue weighted by Gasteiger charge is -2.15. The largest absolute Gasteiger partial charge is 0.322 e. The number of rotatable bonds is 4. The van der Waals surface area contributed by atoms with Crippen LogP contribution in [0.1, 0.15) is 48.5 Å². The van der Waals surface area contributed by atoms with Gasteiger partial charge in [-0.15, -0.1) is 0 Å². The zero-order valence-electron chi connectivity index (χ0n) is 14.3. The summed E-state index contributed by atoms with van der Waals surface area (Å²) in [6, 6.07) is 14.3. The Labute approximate surface area is 146 Å². The molecule has 0 unspecified atom stereocenters. The molecule has 128 valence electrons. The number of carbonyl (C=O) groups is 3. The first-order valence-electron chi connectivity index (χ1n) is 8.33. The van der Waals surface area contributed by atoms with Gasteiger partial charge in [0.25, 0.3) is 5.91 Å². The third-order valence-electron chi connectivity index (χ3n) is 4.23. The number of hydrogen-bond donors (Lipinski definition) is 1. The van der Waals surface area contributed by atoms with Gasteiger partial charge in [-0.2, -0.15) is 0 Å². The standard InChI is InChI=1S/C20H20N2O3/c1-13(2)14-5-3-7-16(11-14)21-20(25)15-6-4-8-17(12-15)22-18(23)9-10-19(22)24/h3-8,11-13H,9-10H2,1-2H3,(H,21,25). The van der Waals surface area contributed by atoms with E-state index in [0.717, 1.165) is 16.2 Å². The van der Waals surface area contributed by atoms with Crippen molar-refractivity contribution in [1.82, 2.24) is 0 Å². The van der Waals surface area contributed by atoms with Gasteiger partial charge in [0.2, 0.25) is 11.8 Å². The van der Waals surface area contributed by atoms with Crippen LogP contribution in [0.5, 0.6) is 0 Å². The summed E-state index contributed by atoms with van der Waals surface area (Å²) < 4.78 is 0. The van der Waals surface area contributed by atoms with Crippen LogP contribution in [0.2, 0.25) is 0 Å². The number of anilines is 2. The molecule has 3 amide bonds. The Morgan fingerprint density at radius 1 is 1.00 bits per heavy atom. The summed E-state index contributed by atoms with van der Waals surface area (Å²) in [4.78, 5) is 37.4. The highest BCUT2D eigenvalue weighted by Crippen LogP contribution is 2.24. The summed E-state index contributed by atoms with van der Waals surface area (Å²) in [5, 5.41) is 2.87. The molecule has 1 heterocycles. The van der Waals surface area contributed by atoms with Crippen molar-refractivity contribution in [2.24, 2.45) is 0 Å². The van der Waals surface area contributed by atoms with E-state index in [1.807, 2.05) is 24.3 Å². The second-order valence-corrected chi connectivity index (χ2v) is 6.41. The minimum Gasteiger partial charge on any atom is -0.322 e. The molecule has 0 atom stereocenters. The summed E-state index contributed by atoms with van der Waals surface area (Å²) >= 11 is 0. The minimum absolute atomic E-state index is 0.219. The van der Waals surface area contributed by atoms with Crippen LogP contribution in [0.25, 0.3) is 0 Å². The normalized spacial score (nSPS) is 14.3. The van der Waals surface area contributed by atoms with Crippen molar-refractivity contribution in [3.05, 3.63) is 59.7 Å². The smallest absolute Gasteiger partial charge is 0.255 e. The van der Waals surface area contributed by atoms with Gasteiger partial charge in [-0.25, -0.2) is 0 Å². The Bertz CT molecular complexity index is 826. The molecular formula is C20H20N2O3. The molecular weight excluding hydrogens is 316 g/mol. The van der Waals surface area contributed by atoms with E-state index in [0.29, 0.717) is 17.2 Å².